The summed E-state index contributed by atoms with van der Waals surface area (Å²) in [4.78, 5) is 28.1. The Morgan fingerprint density at radius 1 is 0.968 bits per heavy atom. The fourth-order valence-corrected chi connectivity index (χ4v) is 4.78. The van der Waals surface area contributed by atoms with E-state index in [1.807, 2.05) is 30.0 Å². The van der Waals surface area contributed by atoms with Crippen LogP contribution >= 0.6 is 0 Å². The zero-order chi connectivity index (χ0) is 21.7. The molecule has 0 spiro atoms. The summed E-state index contributed by atoms with van der Waals surface area (Å²) in [6.07, 6.45) is 3.88. The molecule has 2 amide bonds. The molecule has 1 N–H and O–H groups in total. The Morgan fingerprint density at radius 3 is 2.23 bits per heavy atom. The molecule has 31 heavy (non-hydrogen) atoms. The van der Waals surface area contributed by atoms with Crippen LogP contribution in [0.3, 0.4) is 0 Å². The lowest BCUT2D eigenvalue weighted by atomic mass is 9.80. The highest BCUT2D eigenvalue weighted by atomic mass is 16.5. The van der Waals surface area contributed by atoms with Crippen molar-refractivity contribution in [2.24, 2.45) is 5.41 Å². The van der Waals surface area contributed by atoms with Crippen molar-refractivity contribution < 1.29 is 14.3 Å². The van der Waals surface area contributed by atoms with Gasteiger partial charge in [-0.25, -0.2) is 0 Å². The van der Waals surface area contributed by atoms with Gasteiger partial charge in [0, 0.05) is 19.5 Å². The molecule has 1 heterocycles. The van der Waals surface area contributed by atoms with E-state index in [9.17, 15) is 9.59 Å². The van der Waals surface area contributed by atoms with Crippen molar-refractivity contribution in [3.8, 4) is 11.1 Å². The van der Waals surface area contributed by atoms with Crippen molar-refractivity contribution in [1.29, 1.82) is 0 Å². The monoisotopic (exact) mass is 420 g/mol. The van der Waals surface area contributed by atoms with Crippen molar-refractivity contribution >= 4 is 11.8 Å². The number of nitrogens with zero attached hydrogens (tertiary/aromatic N) is 1. The van der Waals surface area contributed by atoms with Crippen LogP contribution in [0, 0.1) is 5.41 Å². The van der Waals surface area contributed by atoms with Gasteiger partial charge in [0.2, 0.25) is 11.8 Å². The number of benzene rings is 2. The number of nitrogens with one attached hydrogen (secondary N) is 1. The predicted octanol–water partition coefficient (Wildman–Crippen LogP) is 4.34. The lowest BCUT2D eigenvalue weighted by Crippen LogP contribution is -2.47. The van der Waals surface area contributed by atoms with Crippen LogP contribution in [0.15, 0.2) is 54.6 Å². The average Bonchev–Trinajstić information content (AvgIpc) is 3.30. The molecule has 0 aromatic heterocycles. The number of carbonyl (C=O) groups is 2. The molecule has 164 valence electrons. The molecule has 1 atom stereocenters. The Kier molecular flexibility index (Phi) is 6.71. The molecular formula is C26H32N2O3. The molecule has 1 aliphatic heterocycles. The quantitative estimate of drug-likeness (QED) is 0.756. The maximum atomic E-state index is 13.4. The molecular weight excluding hydrogens is 388 g/mol. The van der Waals surface area contributed by atoms with Gasteiger partial charge in [0.15, 0.2) is 0 Å². The number of amides is 2. The van der Waals surface area contributed by atoms with Gasteiger partial charge in [0.05, 0.1) is 24.7 Å². The van der Waals surface area contributed by atoms with Crippen molar-refractivity contribution in [3.05, 3.63) is 60.2 Å². The van der Waals surface area contributed by atoms with E-state index in [4.69, 9.17) is 4.74 Å². The SMILES string of the molecule is CC(NC(=O)C1(CC(=O)N2CCOCC2)CCCC1)c1ccc(-c2ccccc2)cc1. The smallest absolute Gasteiger partial charge is 0.227 e. The third kappa shape index (κ3) is 4.99. The molecule has 0 bridgehead atoms. The summed E-state index contributed by atoms with van der Waals surface area (Å²) in [6, 6.07) is 18.5. The zero-order valence-corrected chi connectivity index (χ0v) is 18.3. The van der Waals surface area contributed by atoms with Gasteiger partial charge >= 0.3 is 0 Å². The maximum absolute atomic E-state index is 13.4. The summed E-state index contributed by atoms with van der Waals surface area (Å²) in [5, 5.41) is 3.21. The van der Waals surface area contributed by atoms with Gasteiger partial charge in [-0.3, -0.25) is 9.59 Å². The van der Waals surface area contributed by atoms with Gasteiger partial charge in [-0.1, -0.05) is 67.4 Å². The molecule has 1 saturated carbocycles. The minimum atomic E-state index is -0.576. The number of ether oxygens (including phenoxy) is 1. The Morgan fingerprint density at radius 2 is 1.58 bits per heavy atom. The second-order valence-electron chi connectivity index (χ2n) is 8.84. The maximum Gasteiger partial charge on any atom is 0.227 e. The van der Waals surface area contributed by atoms with Crippen molar-refractivity contribution in [3.63, 3.8) is 0 Å². The summed E-state index contributed by atoms with van der Waals surface area (Å²) < 4.78 is 5.36. The van der Waals surface area contributed by atoms with Crippen LogP contribution in [-0.4, -0.2) is 43.0 Å². The first-order valence-corrected chi connectivity index (χ1v) is 11.4. The summed E-state index contributed by atoms with van der Waals surface area (Å²) in [5.74, 6) is 0.103. The third-order valence-electron chi connectivity index (χ3n) is 6.76. The molecule has 5 heteroatoms. The normalized spacial score (nSPS) is 19.1. The number of carbonyl (C=O) groups excluding carboxylic acids is 2. The number of rotatable bonds is 6. The fourth-order valence-electron chi connectivity index (χ4n) is 4.78. The van der Waals surface area contributed by atoms with E-state index in [0.29, 0.717) is 32.7 Å². The second kappa shape index (κ2) is 9.65. The van der Waals surface area contributed by atoms with E-state index >= 15 is 0 Å². The molecule has 1 saturated heterocycles. The van der Waals surface area contributed by atoms with Crippen LogP contribution in [-0.2, 0) is 14.3 Å². The van der Waals surface area contributed by atoms with Gasteiger partial charge in [-0.2, -0.15) is 0 Å². The van der Waals surface area contributed by atoms with Crippen LogP contribution in [0.1, 0.15) is 50.6 Å². The lowest BCUT2D eigenvalue weighted by Gasteiger charge is -2.33. The largest absolute Gasteiger partial charge is 0.378 e. The zero-order valence-electron chi connectivity index (χ0n) is 18.3. The highest BCUT2D eigenvalue weighted by Gasteiger charge is 2.44. The summed E-state index contributed by atoms with van der Waals surface area (Å²) in [7, 11) is 0. The minimum absolute atomic E-state index is 0.0197. The van der Waals surface area contributed by atoms with Crippen LogP contribution in [0.5, 0.6) is 0 Å². The highest BCUT2D eigenvalue weighted by Crippen LogP contribution is 2.42. The first-order chi connectivity index (χ1) is 15.1. The number of hydrogen-bond donors (Lipinski definition) is 1. The van der Waals surface area contributed by atoms with E-state index in [1.54, 1.807) is 0 Å². The fraction of sp³-hybridized carbons (Fsp3) is 0.462. The van der Waals surface area contributed by atoms with Gasteiger partial charge in [-0.15, -0.1) is 0 Å². The molecule has 0 radical (unpaired) electrons. The molecule has 2 fully saturated rings. The van der Waals surface area contributed by atoms with Gasteiger partial charge in [-0.05, 0) is 36.5 Å². The topological polar surface area (TPSA) is 58.6 Å². The molecule has 2 aliphatic rings. The molecule has 1 aliphatic carbocycles. The Labute approximate surface area is 184 Å². The third-order valence-corrected chi connectivity index (χ3v) is 6.76. The highest BCUT2D eigenvalue weighted by molar-refractivity contribution is 5.89. The minimum Gasteiger partial charge on any atom is -0.378 e. The Hall–Kier alpha value is -2.66. The molecule has 2 aromatic carbocycles. The molecule has 4 rings (SSSR count). The molecule has 5 nitrogen and oxygen atoms in total. The lowest BCUT2D eigenvalue weighted by molar-refractivity contribution is -0.144. The summed E-state index contributed by atoms with van der Waals surface area (Å²) >= 11 is 0. The van der Waals surface area contributed by atoms with E-state index in [-0.39, 0.29) is 17.9 Å². The van der Waals surface area contributed by atoms with E-state index in [0.717, 1.165) is 36.8 Å². The summed E-state index contributed by atoms with van der Waals surface area (Å²) in [6.45, 7) is 4.44. The predicted molar refractivity (Wildman–Crippen MR) is 121 cm³/mol. The van der Waals surface area contributed by atoms with Crippen molar-refractivity contribution in [1.82, 2.24) is 10.2 Å². The summed E-state index contributed by atoms with van der Waals surface area (Å²) in [5.41, 5.74) is 2.83. The average molecular weight is 421 g/mol. The van der Waals surface area contributed by atoms with Crippen molar-refractivity contribution in [2.75, 3.05) is 26.3 Å². The van der Waals surface area contributed by atoms with Crippen LogP contribution in [0.4, 0.5) is 0 Å². The molecule has 2 aromatic rings. The van der Waals surface area contributed by atoms with E-state index < -0.39 is 5.41 Å². The standard InChI is InChI=1S/C26H32N2O3/c1-20(21-9-11-23(12-10-21)22-7-3-2-4-8-22)27-25(30)26(13-5-6-14-26)19-24(29)28-15-17-31-18-16-28/h2-4,7-12,20H,5-6,13-19H2,1H3,(H,27,30). The van der Waals surface area contributed by atoms with E-state index in [2.05, 4.69) is 41.7 Å². The Bertz CT molecular complexity index is 883. The second-order valence-corrected chi connectivity index (χ2v) is 8.84. The van der Waals surface area contributed by atoms with Crippen molar-refractivity contribution in [2.45, 2.75) is 45.1 Å². The van der Waals surface area contributed by atoms with Gasteiger partial charge in [0.25, 0.3) is 0 Å². The molecule has 1 unspecified atom stereocenters. The van der Waals surface area contributed by atoms with Crippen LogP contribution in [0.2, 0.25) is 0 Å². The number of hydrogen-bond acceptors (Lipinski definition) is 3. The first kappa shape index (κ1) is 21.6. The van der Waals surface area contributed by atoms with Crippen LogP contribution < -0.4 is 5.32 Å². The Balaban J connectivity index is 1.41. The van der Waals surface area contributed by atoms with Gasteiger partial charge in [0.1, 0.15) is 0 Å². The van der Waals surface area contributed by atoms with Crippen LogP contribution in [0.25, 0.3) is 11.1 Å². The number of morpholine rings is 1. The first-order valence-electron chi connectivity index (χ1n) is 11.4. The van der Waals surface area contributed by atoms with Gasteiger partial charge < -0.3 is 15.0 Å². The van der Waals surface area contributed by atoms with E-state index in [1.165, 1.54) is 5.56 Å².